The smallest absolute Gasteiger partial charge is 0.254 e. The lowest BCUT2D eigenvalue weighted by Crippen LogP contribution is -2.37. The molecule has 1 amide bonds. The first-order valence-corrected chi connectivity index (χ1v) is 8.93. The van der Waals surface area contributed by atoms with E-state index in [0.717, 1.165) is 5.76 Å². The third-order valence-electron chi connectivity index (χ3n) is 4.91. The number of hydrogen-bond donors (Lipinski definition) is 3. The predicted molar refractivity (Wildman–Crippen MR) is 102 cm³/mol. The number of halogens is 1. The SMILES string of the molecule is CCC(Nc1c(Nc2ccc(F)c3c2C(=O)NC3)c(=O)c1=O)c1ccc(C)o1. The van der Waals surface area contributed by atoms with Gasteiger partial charge in [0.2, 0.25) is 0 Å². The highest BCUT2D eigenvalue weighted by atomic mass is 19.1. The molecule has 1 atom stereocenters. The Kier molecular flexibility index (Phi) is 4.26. The van der Waals surface area contributed by atoms with Crippen molar-refractivity contribution in [3.8, 4) is 0 Å². The van der Waals surface area contributed by atoms with E-state index in [1.807, 2.05) is 26.0 Å². The van der Waals surface area contributed by atoms with Gasteiger partial charge in [0.1, 0.15) is 28.7 Å². The number of hydrogen-bond acceptors (Lipinski definition) is 6. The van der Waals surface area contributed by atoms with Crippen LogP contribution in [0.3, 0.4) is 0 Å². The second-order valence-electron chi connectivity index (χ2n) is 6.72. The van der Waals surface area contributed by atoms with Gasteiger partial charge in [-0.05, 0) is 37.6 Å². The fourth-order valence-corrected chi connectivity index (χ4v) is 3.39. The highest BCUT2D eigenvalue weighted by molar-refractivity contribution is 6.04. The van der Waals surface area contributed by atoms with Gasteiger partial charge in [0.15, 0.2) is 0 Å². The summed E-state index contributed by atoms with van der Waals surface area (Å²) in [5.74, 6) is 0.469. The first kappa shape index (κ1) is 18.0. The van der Waals surface area contributed by atoms with Crippen molar-refractivity contribution in [1.29, 1.82) is 0 Å². The Labute approximate surface area is 159 Å². The molecule has 0 saturated heterocycles. The van der Waals surface area contributed by atoms with Gasteiger partial charge in [-0.3, -0.25) is 14.4 Å². The quantitative estimate of drug-likeness (QED) is 0.566. The second kappa shape index (κ2) is 6.63. The summed E-state index contributed by atoms with van der Waals surface area (Å²) in [7, 11) is 0. The van der Waals surface area contributed by atoms with Crippen molar-refractivity contribution in [1.82, 2.24) is 5.32 Å². The lowest BCUT2D eigenvalue weighted by molar-refractivity contribution is 0.0966. The molecule has 2 heterocycles. The number of carbonyl (C=O) groups excluding carboxylic acids is 1. The van der Waals surface area contributed by atoms with Crippen LogP contribution in [0.25, 0.3) is 0 Å². The molecule has 0 saturated carbocycles. The first-order chi connectivity index (χ1) is 13.4. The summed E-state index contributed by atoms with van der Waals surface area (Å²) in [5.41, 5.74) is -0.489. The van der Waals surface area contributed by atoms with Crippen LogP contribution in [-0.2, 0) is 6.54 Å². The molecule has 7 nitrogen and oxygen atoms in total. The van der Waals surface area contributed by atoms with E-state index in [2.05, 4.69) is 16.0 Å². The molecule has 1 aliphatic heterocycles. The van der Waals surface area contributed by atoms with E-state index in [4.69, 9.17) is 4.42 Å². The molecule has 8 heteroatoms. The molecule has 1 aromatic heterocycles. The summed E-state index contributed by atoms with van der Waals surface area (Å²) in [6.45, 7) is 3.83. The fourth-order valence-electron chi connectivity index (χ4n) is 3.39. The van der Waals surface area contributed by atoms with E-state index in [-0.39, 0.29) is 40.8 Å². The maximum absolute atomic E-state index is 13.9. The van der Waals surface area contributed by atoms with Crippen LogP contribution in [0.4, 0.5) is 21.5 Å². The van der Waals surface area contributed by atoms with Crippen LogP contribution >= 0.6 is 0 Å². The Morgan fingerprint density at radius 2 is 1.89 bits per heavy atom. The van der Waals surface area contributed by atoms with Crippen molar-refractivity contribution >= 4 is 23.0 Å². The van der Waals surface area contributed by atoms with Crippen LogP contribution in [0, 0.1) is 12.7 Å². The van der Waals surface area contributed by atoms with Gasteiger partial charge in [-0.1, -0.05) is 6.92 Å². The summed E-state index contributed by atoms with van der Waals surface area (Å²) in [4.78, 5) is 36.3. The van der Waals surface area contributed by atoms with Gasteiger partial charge in [0.05, 0.1) is 17.3 Å². The van der Waals surface area contributed by atoms with Crippen molar-refractivity contribution in [2.24, 2.45) is 0 Å². The number of aryl methyl sites for hydroxylation is 1. The van der Waals surface area contributed by atoms with E-state index in [1.54, 1.807) is 0 Å². The number of carbonyl (C=O) groups is 1. The first-order valence-electron chi connectivity index (χ1n) is 8.93. The third kappa shape index (κ3) is 2.77. The largest absolute Gasteiger partial charge is 0.464 e. The lowest BCUT2D eigenvalue weighted by atomic mass is 10.1. The van der Waals surface area contributed by atoms with Gasteiger partial charge < -0.3 is 20.4 Å². The number of fused-ring (bicyclic) bond motifs is 1. The highest BCUT2D eigenvalue weighted by Gasteiger charge is 2.29. The topological polar surface area (TPSA) is 100 Å². The second-order valence-corrected chi connectivity index (χ2v) is 6.72. The molecule has 3 aromatic rings. The molecule has 0 bridgehead atoms. The zero-order valence-electron chi connectivity index (χ0n) is 15.3. The van der Waals surface area contributed by atoms with Gasteiger partial charge in [-0.15, -0.1) is 0 Å². The number of furan rings is 1. The van der Waals surface area contributed by atoms with Gasteiger partial charge in [0.25, 0.3) is 16.8 Å². The van der Waals surface area contributed by atoms with Crippen molar-refractivity contribution in [2.45, 2.75) is 32.9 Å². The number of anilines is 3. The average Bonchev–Trinajstić information content (AvgIpc) is 3.29. The van der Waals surface area contributed by atoms with Gasteiger partial charge in [0, 0.05) is 12.1 Å². The van der Waals surface area contributed by atoms with Crippen LogP contribution in [0.1, 0.15) is 46.8 Å². The number of rotatable bonds is 6. The standard InChI is InChI=1S/C20H18FN3O4/c1-3-12(14-7-4-9(2)28-14)23-16-17(19(26)18(16)25)24-13-6-5-11(21)10-8-22-20(27)15(10)13/h4-7,12,23-24H,3,8H2,1-2H3,(H,22,27). The lowest BCUT2D eigenvalue weighted by Gasteiger charge is -2.20. The van der Waals surface area contributed by atoms with Gasteiger partial charge >= 0.3 is 0 Å². The molecule has 4 rings (SSSR count). The average molecular weight is 383 g/mol. The molecule has 2 aromatic carbocycles. The monoisotopic (exact) mass is 383 g/mol. The molecule has 0 fully saturated rings. The summed E-state index contributed by atoms with van der Waals surface area (Å²) in [5, 5.41) is 8.45. The molecule has 0 radical (unpaired) electrons. The molecule has 1 unspecified atom stereocenters. The predicted octanol–water partition coefficient (Wildman–Crippen LogP) is 2.87. The van der Waals surface area contributed by atoms with Crippen LogP contribution in [0.15, 0.2) is 38.3 Å². The Hall–Kier alpha value is -3.42. The van der Waals surface area contributed by atoms with Crippen molar-refractivity contribution < 1.29 is 13.6 Å². The molecule has 144 valence electrons. The van der Waals surface area contributed by atoms with E-state index in [0.29, 0.717) is 12.2 Å². The summed E-state index contributed by atoms with van der Waals surface area (Å²) in [6.07, 6.45) is 0.625. The Morgan fingerprint density at radius 1 is 1.14 bits per heavy atom. The summed E-state index contributed by atoms with van der Waals surface area (Å²) >= 11 is 0. The Balaban J connectivity index is 1.66. The summed E-state index contributed by atoms with van der Waals surface area (Å²) < 4.78 is 19.5. The normalized spacial score (nSPS) is 14.0. The molecule has 0 aliphatic carbocycles. The fraction of sp³-hybridized carbons (Fsp3) is 0.250. The highest BCUT2D eigenvalue weighted by Crippen LogP contribution is 2.32. The van der Waals surface area contributed by atoms with Crippen LogP contribution in [0.5, 0.6) is 0 Å². The van der Waals surface area contributed by atoms with E-state index >= 15 is 0 Å². The molecular formula is C20H18FN3O4. The van der Waals surface area contributed by atoms with Crippen molar-refractivity contribution in [2.75, 3.05) is 10.6 Å². The van der Waals surface area contributed by atoms with Gasteiger partial charge in [-0.25, -0.2) is 4.39 Å². The van der Waals surface area contributed by atoms with E-state index in [1.165, 1.54) is 12.1 Å². The van der Waals surface area contributed by atoms with E-state index < -0.39 is 22.6 Å². The number of benzene rings is 1. The van der Waals surface area contributed by atoms with Crippen molar-refractivity contribution in [3.05, 3.63) is 73.2 Å². The number of amides is 1. The zero-order chi connectivity index (χ0) is 20.0. The van der Waals surface area contributed by atoms with Crippen LogP contribution in [0.2, 0.25) is 0 Å². The zero-order valence-corrected chi connectivity index (χ0v) is 15.3. The minimum Gasteiger partial charge on any atom is -0.464 e. The third-order valence-corrected chi connectivity index (χ3v) is 4.91. The van der Waals surface area contributed by atoms with E-state index in [9.17, 15) is 18.8 Å². The molecule has 0 spiro atoms. The molecular weight excluding hydrogens is 365 g/mol. The van der Waals surface area contributed by atoms with Crippen LogP contribution in [-0.4, -0.2) is 5.91 Å². The minimum atomic E-state index is -0.690. The number of nitrogens with one attached hydrogen (secondary N) is 3. The summed E-state index contributed by atoms with van der Waals surface area (Å²) in [6, 6.07) is 5.95. The maximum Gasteiger partial charge on any atom is 0.254 e. The van der Waals surface area contributed by atoms with Gasteiger partial charge in [-0.2, -0.15) is 0 Å². The Bertz CT molecular complexity index is 1160. The van der Waals surface area contributed by atoms with Crippen LogP contribution < -0.4 is 26.8 Å². The Morgan fingerprint density at radius 3 is 2.57 bits per heavy atom. The van der Waals surface area contributed by atoms with Crippen molar-refractivity contribution in [3.63, 3.8) is 0 Å². The molecule has 1 aliphatic rings. The molecule has 3 N–H and O–H groups in total. The molecule has 28 heavy (non-hydrogen) atoms. The maximum atomic E-state index is 13.9. The minimum absolute atomic E-state index is 0.0558.